The molecule has 0 saturated heterocycles. The number of fused-ring (bicyclic) bond motifs is 1. The van der Waals surface area contributed by atoms with E-state index in [1.165, 1.54) is 30.5 Å². The Kier molecular flexibility index (Phi) is 2.89. The van der Waals surface area contributed by atoms with Gasteiger partial charge in [0, 0.05) is 5.56 Å². The van der Waals surface area contributed by atoms with E-state index in [0.29, 0.717) is 0 Å². The van der Waals surface area contributed by atoms with Crippen LogP contribution in [0.5, 0.6) is 0 Å². The second-order valence-electron chi connectivity index (χ2n) is 4.52. The molecule has 0 amide bonds. The molecule has 1 aliphatic rings. The molecule has 2 aromatic rings. The predicted molar refractivity (Wildman–Crippen MR) is 69.8 cm³/mol. The zero-order chi connectivity index (χ0) is 11.7. The summed E-state index contributed by atoms with van der Waals surface area (Å²) in [6.45, 7) is 0. The van der Waals surface area contributed by atoms with Gasteiger partial charge in [-0.1, -0.05) is 36.2 Å². The minimum absolute atomic E-state index is 0.799. The Hall–Kier alpha value is -1.28. The molecule has 2 nitrogen and oxygen atoms in total. The highest BCUT2D eigenvalue weighted by Gasteiger charge is 2.18. The lowest BCUT2D eigenvalue weighted by Crippen LogP contribution is -1.97. The molecule has 88 valence electrons. The fraction of sp³-hybridized carbons (Fsp3) is 0.357. The summed E-state index contributed by atoms with van der Waals surface area (Å²) < 4.78 is 1.87. The third-order valence-corrected chi connectivity index (χ3v) is 3.73. The first-order chi connectivity index (χ1) is 8.36. The maximum atomic E-state index is 6.45. The molecule has 17 heavy (non-hydrogen) atoms. The van der Waals surface area contributed by atoms with Crippen LogP contribution in [0.25, 0.3) is 5.69 Å². The van der Waals surface area contributed by atoms with Crippen molar-refractivity contribution in [1.82, 2.24) is 9.78 Å². The van der Waals surface area contributed by atoms with Crippen molar-refractivity contribution in [3.8, 4) is 5.69 Å². The van der Waals surface area contributed by atoms with Gasteiger partial charge in [0.2, 0.25) is 0 Å². The molecule has 0 saturated carbocycles. The smallest absolute Gasteiger partial charge is 0.136 e. The molecule has 3 rings (SSSR count). The van der Waals surface area contributed by atoms with E-state index in [1.807, 2.05) is 35.0 Å². The molecular weight excluding hydrogens is 232 g/mol. The molecule has 0 unspecified atom stereocenters. The number of hydrogen-bond donors (Lipinski definition) is 0. The first-order valence-electron chi connectivity index (χ1n) is 6.18. The molecule has 0 N–H and O–H groups in total. The highest BCUT2D eigenvalue weighted by Crippen LogP contribution is 2.28. The van der Waals surface area contributed by atoms with Crippen LogP contribution >= 0.6 is 11.6 Å². The van der Waals surface area contributed by atoms with Crippen LogP contribution < -0.4 is 0 Å². The Labute approximate surface area is 106 Å². The molecule has 0 spiro atoms. The first kappa shape index (κ1) is 10.8. The molecule has 1 aromatic carbocycles. The second kappa shape index (κ2) is 4.53. The summed E-state index contributed by atoms with van der Waals surface area (Å²) in [7, 11) is 0. The summed E-state index contributed by atoms with van der Waals surface area (Å²) in [5.74, 6) is 0. The molecule has 0 bridgehead atoms. The van der Waals surface area contributed by atoms with Crippen molar-refractivity contribution in [2.75, 3.05) is 0 Å². The number of para-hydroxylation sites is 1. The monoisotopic (exact) mass is 246 g/mol. The van der Waals surface area contributed by atoms with Crippen LogP contribution in [0.1, 0.15) is 30.5 Å². The molecule has 1 aliphatic carbocycles. The number of aromatic nitrogens is 2. The van der Waals surface area contributed by atoms with E-state index >= 15 is 0 Å². The fourth-order valence-corrected chi connectivity index (χ4v) is 2.77. The molecule has 0 fully saturated rings. The van der Waals surface area contributed by atoms with Crippen LogP contribution in [-0.2, 0) is 12.8 Å². The average Bonchev–Trinajstić information content (AvgIpc) is 2.56. The maximum Gasteiger partial charge on any atom is 0.136 e. The normalized spacial score (nSPS) is 15.4. The minimum atomic E-state index is 0.799. The predicted octanol–water partition coefficient (Wildman–Crippen LogP) is 3.79. The van der Waals surface area contributed by atoms with E-state index in [-0.39, 0.29) is 0 Å². The first-order valence-corrected chi connectivity index (χ1v) is 6.56. The summed E-state index contributed by atoms with van der Waals surface area (Å²) in [5.41, 5.74) is 3.50. The molecule has 0 radical (unpaired) electrons. The Balaban J connectivity index is 2.08. The lowest BCUT2D eigenvalue weighted by Gasteiger charge is -2.03. The Morgan fingerprint density at radius 3 is 2.59 bits per heavy atom. The summed E-state index contributed by atoms with van der Waals surface area (Å²) >= 11 is 6.45. The van der Waals surface area contributed by atoms with Gasteiger partial charge in [-0.05, 0) is 37.8 Å². The van der Waals surface area contributed by atoms with Crippen LogP contribution in [-0.4, -0.2) is 9.78 Å². The fourth-order valence-electron chi connectivity index (χ4n) is 2.43. The Morgan fingerprint density at radius 1 is 1.00 bits per heavy atom. The summed E-state index contributed by atoms with van der Waals surface area (Å²) in [5, 5.41) is 5.46. The van der Waals surface area contributed by atoms with E-state index in [2.05, 4.69) is 5.10 Å². The second-order valence-corrected chi connectivity index (χ2v) is 4.88. The van der Waals surface area contributed by atoms with Gasteiger partial charge in [-0.3, -0.25) is 0 Å². The zero-order valence-corrected chi connectivity index (χ0v) is 10.5. The highest BCUT2D eigenvalue weighted by molar-refractivity contribution is 6.30. The van der Waals surface area contributed by atoms with Gasteiger partial charge < -0.3 is 0 Å². The number of nitrogens with zero attached hydrogens (tertiary/aromatic N) is 2. The third-order valence-electron chi connectivity index (χ3n) is 3.35. The van der Waals surface area contributed by atoms with Crippen molar-refractivity contribution >= 4 is 11.6 Å². The molecule has 0 atom stereocenters. The standard InChI is InChI=1S/C14H15ClN2/c15-14-12-9-5-2-6-10-13(12)16-17(14)11-7-3-1-4-8-11/h1,3-4,7-8H,2,5-6,9-10H2. The van der Waals surface area contributed by atoms with Crippen LogP contribution in [0.15, 0.2) is 30.3 Å². The van der Waals surface area contributed by atoms with Crippen LogP contribution in [0, 0.1) is 0 Å². The van der Waals surface area contributed by atoms with Gasteiger partial charge in [0.05, 0.1) is 11.4 Å². The lowest BCUT2D eigenvalue weighted by atomic mass is 10.1. The summed E-state index contributed by atoms with van der Waals surface area (Å²) in [6.07, 6.45) is 5.89. The Bertz CT molecular complexity index is 517. The molecule has 1 heterocycles. The van der Waals surface area contributed by atoms with Crippen molar-refractivity contribution in [2.24, 2.45) is 0 Å². The SMILES string of the molecule is Clc1c2c(nn1-c1ccccc1)CCCCC2. The topological polar surface area (TPSA) is 17.8 Å². The average molecular weight is 247 g/mol. The Morgan fingerprint density at radius 2 is 1.76 bits per heavy atom. The number of benzene rings is 1. The van der Waals surface area contributed by atoms with Gasteiger partial charge in [0.15, 0.2) is 0 Å². The lowest BCUT2D eigenvalue weighted by molar-refractivity contribution is 0.694. The highest BCUT2D eigenvalue weighted by atomic mass is 35.5. The van der Waals surface area contributed by atoms with Gasteiger partial charge in [0.25, 0.3) is 0 Å². The van der Waals surface area contributed by atoms with Crippen LogP contribution in [0.2, 0.25) is 5.15 Å². The van der Waals surface area contributed by atoms with E-state index in [9.17, 15) is 0 Å². The van der Waals surface area contributed by atoms with E-state index < -0.39 is 0 Å². The molecule has 1 aromatic heterocycles. The zero-order valence-electron chi connectivity index (χ0n) is 9.69. The van der Waals surface area contributed by atoms with Gasteiger partial charge >= 0.3 is 0 Å². The van der Waals surface area contributed by atoms with Gasteiger partial charge in [-0.2, -0.15) is 5.10 Å². The van der Waals surface area contributed by atoms with Crippen LogP contribution in [0.4, 0.5) is 0 Å². The van der Waals surface area contributed by atoms with E-state index in [0.717, 1.165) is 23.7 Å². The van der Waals surface area contributed by atoms with Crippen molar-refractivity contribution in [3.05, 3.63) is 46.7 Å². The van der Waals surface area contributed by atoms with Gasteiger partial charge in [-0.25, -0.2) is 4.68 Å². The quantitative estimate of drug-likeness (QED) is 0.700. The van der Waals surface area contributed by atoms with E-state index in [1.54, 1.807) is 0 Å². The van der Waals surface area contributed by atoms with Crippen molar-refractivity contribution in [2.45, 2.75) is 32.1 Å². The maximum absolute atomic E-state index is 6.45. The van der Waals surface area contributed by atoms with Crippen molar-refractivity contribution in [1.29, 1.82) is 0 Å². The number of hydrogen-bond acceptors (Lipinski definition) is 1. The third kappa shape index (κ3) is 1.98. The number of aryl methyl sites for hydroxylation is 1. The van der Waals surface area contributed by atoms with Crippen molar-refractivity contribution in [3.63, 3.8) is 0 Å². The number of rotatable bonds is 1. The van der Waals surface area contributed by atoms with E-state index in [4.69, 9.17) is 11.6 Å². The van der Waals surface area contributed by atoms with Gasteiger partial charge in [0.1, 0.15) is 5.15 Å². The largest absolute Gasteiger partial charge is 0.222 e. The van der Waals surface area contributed by atoms with Gasteiger partial charge in [-0.15, -0.1) is 0 Å². The minimum Gasteiger partial charge on any atom is -0.222 e. The molecule has 0 aliphatic heterocycles. The number of halogens is 1. The van der Waals surface area contributed by atoms with Crippen LogP contribution in [0.3, 0.4) is 0 Å². The molecule has 3 heteroatoms. The summed E-state index contributed by atoms with van der Waals surface area (Å²) in [6, 6.07) is 10.1. The summed E-state index contributed by atoms with van der Waals surface area (Å²) in [4.78, 5) is 0. The molecular formula is C14H15ClN2. The van der Waals surface area contributed by atoms with Crippen molar-refractivity contribution < 1.29 is 0 Å².